The van der Waals surface area contributed by atoms with E-state index in [1.807, 2.05) is 42.2 Å². The summed E-state index contributed by atoms with van der Waals surface area (Å²) in [5.74, 6) is 3.23. The number of aliphatic hydroxyl groups is 1. The van der Waals surface area contributed by atoms with Gasteiger partial charge in [-0.25, -0.2) is 0 Å². The number of hydrogen-bond donors (Lipinski definition) is 1. The van der Waals surface area contributed by atoms with E-state index in [1.165, 1.54) is 35.3 Å². The van der Waals surface area contributed by atoms with Gasteiger partial charge < -0.3 is 5.11 Å². The lowest BCUT2D eigenvalue weighted by molar-refractivity contribution is 0.140. The maximum absolute atomic E-state index is 10.4. The van der Waals surface area contributed by atoms with Crippen LogP contribution >= 0.6 is 11.8 Å². The summed E-state index contributed by atoms with van der Waals surface area (Å²) < 4.78 is 0. The van der Waals surface area contributed by atoms with Crippen LogP contribution in [0.5, 0.6) is 0 Å². The molecule has 1 aliphatic heterocycles. The molecule has 0 spiro atoms. The van der Waals surface area contributed by atoms with Crippen molar-refractivity contribution in [1.29, 1.82) is 0 Å². The molecule has 20 heavy (non-hydrogen) atoms. The standard InChI is InChI=1S/C17H21NOS/c19-15(11-13-6-9-20-10-7-13)12-14-5-8-18-17-4-2-1-3-16(14)17/h1-5,8,13,15,19H,6-7,9-12H2. The minimum absolute atomic E-state index is 0.228. The second-order valence-corrected chi connectivity index (χ2v) is 6.86. The number of hydrogen-bond acceptors (Lipinski definition) is 3. The fourth-order valence-corrected chi connectivity index (χ4v) is 4.24. The lowest BCUT2D eigenvalue weighted by Gasteiger charge is -2.24. The second-order valence-electron chi connectivity index (χ2n) is 5.64. The molecule has 2 nitrogen and oxygen atoms in total. The van der Waals surface area contributed by atoms with Gasteiger partial charge in [0.2, 0.25) is 0 Å². The first kappa shape index (κ1) is 13.9. The van der Waals surface area contributed by atoms with Crippen LogP contribution in [0, 0.1) is 5.92 Å². The van der Waals surface area contributed by atoms with Gasteiger partial charge in [-0.05, 0) is 60.8 Å². The lowest BCUT2D eigenvalue weighted by Crippen LogP contribution is -2.19. The summed E-state index contributed by atoms with van der Waals surface area (Å²) in [5.41, 5.74) is 2.24. The molecule has 1 unspecified atom stereocenters. The molecule has 2 aromatic rings. The number of aromatic nitrogens is 1. The van der Waals surface area contributed by atoms with Gasteiger partial charge in [0, 0.05) is 11.6 Å². The highest BCUT2D eigenvalue weighted by Gasteiger charge is 2.18. The molecule has 1 fully saturated rings. The van der Waals surface area contributed by atoms with Gasteiger partial charge in [0.15, 0.2) is 0 Å². The van der Waals surface area contributed by atoms with Crippen LogP contribution in [0.15, 0.2) is 36.5 Å². The third-order valence-corrected chi connectivity index (χ3v) is 5.19. The molecular weight excluding hydrogens is 266 g/mol. The Morgan fingerprint density at radius 1 is 1.20 bits per heavy atom. The van der Waals surface area contributed by atoms with Crippen LogP contribution in [0.2, 0.25) is 0 Å². The first-order valence-corrected chi connectivity index (χ1v) is 8.57. The molecule has 0 amide bonds. The predicted octanol–water partition coefficient (Wildman–Crippen LogP) is 3.67. The Morgan fingerprint density at radius 3 is 2.85 bits per heavy atom. The van der Waals surface area contributed by atoms with Crippen molar-refractivity contribution in [3.8, 4) is 0 Å². The number of nitrogens with zero attached hydrogens (tertiary/aromatic N) is 1. The molecule has 3 rings (SSSR count). The van der Waals surface area contributed by atoms with Gasteiger partial charge in [-0.3, -0.25) is 4.98 Å². The van der Waals surface area contributed by atoms with Crippen molar-refractivity contribution in [3.05, 3.63) is 42.1 Å². The highest BCUT2D eigenvalue weighted by atomic mass is 32.2. The van der Waals surface area contributed by atoms with E-state index >= 15 is 0 Å². The van der Waals surface area contributed by atoms with E-state index in [2.05, 4.69) is 11.1 Å². The molecule has 3 heteroatoms. The SMILES string of the molecule is OC(Cc1ccnc2ccccc12)CC1CCSCC1. The highest BCUT2D eigenvalue weighted by Crippen LogP contribution is 2.27. The molecule has 106 valence electrons. The topological polar surface area (TPSA) is 33.1 Å². The molecule has 1 saturated heterocycles. The minimum atomic E-state index is -0.228. The quantitative estimate of drug-likeness (QED) is 0.931. The zero-order valence-electron chi connectivity index (χ0n) is 11.7. The number of aliphatic hydroxyl groups excluding tert-OH is 1. The molecule has 0 saturated carbocycles. The summed E-state index contributed by atoms with van der Waals surface area (Å²) in [6, 6.07) is 10.2. The maximum Gasteiger partial charge on any atom is 0.0704 e. The first-order valence-electron chi connectivity index (χ1n) is 7.41. The summed E-state index contributed by atoms with van der Waals surface area (Å²) in [6.07, 6.45) is 5.83. The van der Waals surface area contributed by atoms with Gasteiger partial charge >= 0.3 is 0 Å². The molecule has 1 N–H and O–H groups in total. The molecule has 0 bridgehead atoms. The molecule has 0 radical (unpaired) electrons. The van der Waals surface area contributed by atoms with Crippen molar-refractivity contribution < 1.29 is 5.11 Å². The lowest BCUT2D eigenvalue weighted by atomic mass is 9.92. The average Bonchev–Trinajstić information content (AvgIpc) is 2.48. The summed E-state index contributed by atoms with van der Waals surface area (Å²) in [7, 11) is 0. The van der Waals surface area contributed by atoms with Crippen LogP contribution in [0.4, 0.5) is 0 Å². The zero-order valence-corrected chi connectivity index (χ0v) is 12.5. The molecule has 1 atom stereocenters. The van der Waals surface area contributed by atoms with Crippen LogP contribution in [0.1, 0.15) is 24.8 Å². The fourth-order valence-electron chi connectivity index (χ4n) is 3.04. The number of fused-ring (bicyclic) bond motifs is 1. The van der Waals surface area contributed by atoms with Gasteiger partial charge in [0.1, 0.15) is 0 Å². The predicted molar refractivity (Wildman–Crippen MR) is 86.1 cm³/mol. The van der Waals surface area contributed by atoms with E-state index in [4.69, 9.17) is 0 Å². The van der Waals surface area contributed by atoms with E-state index in [0.717, 1.165) is 18.4 Å². The van der Waals surface area contributed by atoms with Crippen molar-refractivity contribution in [1.82, 2.24) is 4.98 Å². The number of pyridine rings is 1. The first-order chi connectivity index (χ1) is 9.83. The number of thioether (sulfide) groups is 1. The third kappa shape index (κ3) is 3.33. The molecular formula is C17H21NOS. The van der Waals surface area contributed by atoms with Crippen molar-refractivity contribution in [2.75, 3.05) is 11.5 Å². The Hall–Kier alpha value is -1.06. The Balaban J connectivity index is 1.69. The highest BCUT2D eigenvalue weighted by molar-refractivity contribution is 7.99. The normalized spacial score (nSPS) is 18.2. The summed E-state index contributed by atoms with van der Waals surface area (Å²) in [5, 5.41) is 11.6. The van der Waals surface area contributed by atoms with Gasteiger partial charge in [-0.1, -0.05) is 18.2 Å². The van der Waals surface area contributed by atoms with E-state index in [1.54, 1.807) is 0 Å². The van der Waals surface area contributed by atoms with Crippen molar-refractivity contribution in [2.45, 2.75) is 31.8 Å². The van der Waals surface area contributed by atoms with Gasteiger partial charge in [0.25, 0.3) is 0 Å². The minimum Gasteiger partial charge on any atom is -0.393 e. The fraction of sp³-hybridized carbons (Fsp3) is 0.471. The molecule has 1 aliphatic rings. The smallest absolute Gasteiger partial charge is 0.0704 e. The van der Waals surface area contributed by atoms with Crippen LogP contribution in [-0.2, 0) is 6.42 Å². The van der Waals surface area contributed by atoms with Gasteiger partial charge in [-0.2, -0.15) is 11.8 Å². The second kappa shape index (κ2) is 6.59. The molecule has 2 heterocycles. The Morgan fingerprint density at radius 2 is 2.00 bits per heavy atom. The van der Waals surface area contributed by atoms with Gasteiger partial charge in [0.05, 0.1) is 11.6 Å². The van der Waals surface area contributed by atoms with Crippen molar-refractivity contribution in [2.24, 2.45) is 5.92 Å². The monoisotopic (exact) mass is 287 g/mol. The molecule has 1 aromatic carbocycles. The summed E-state index contributed by atoms with van der Waals surface area (Å²) in [6.45, 7) is 0. The Labute approximate surface area is 124 Å². The van der Waals surface area contributed by atoms with Crippen molar-refractivity contribution in [3.63, 3.8) is 0 Å². The molecule has 1 aromatic heterocycles. The van der Waals surface area contributed by atoms with Crippen LogP contribution in [-0.4, -0.2) is 27.7 Å². The summed E-state index contributed by atoms with van der Waals surface area (Å²) >= 11 is 2.04. The van der Waals surface area contributed by atoms with Crippen molar-refractivity contribution >= 4 is 22.7 Å². The summed E-state index contributed by atoms with van der Waals surface area (Å²) in [4.78, 5) is 4.38. The Bertz CT molecular complexity index is 560. The van der Waals surface area contributed by atoms with Crippen LogP contribution in [0.3, 0.4) is 0 Å². The largest absolute Gasteiger partial charge is 0.393 e. The van der Waals surface area contributed by atoms with Crippen LogP contribution < -0.4 is 0 Å². The van der Waals surface area contributed by atoms with E-state index < -0.39 is 0 Å². The van der Waals surface area contributed by atoms with Gasteiger partial charge in [-0.15, -0.1) is 0 Å². The maximum atomic E-state index is 10.4. The Kier molecular flexibility index (Phi) is 4.58. The number of rotatable bonds is 4. The van der Waals surface area contributed by atoms with E-state index in [9.17, 15) is 5.11 Å². The van der Waals surface area contributed by atoms with E-state index in [0.29, 0.717) is 5.92 Å². The zero-order chi connectivity index (χ0) is 13.8. The number of benzene rings is 1. The average molecular weight is 287 g/mol. The third-order valence-electron chi connectivity index (χ3n) is 4.14. The molecule has 0 aliphatic carbocycles. The van der Waals surface area contributed by atoms with Crippen LogP contribution in [0.25, 0.3) is 10.9 Å². The number of para-hydroxylation sites is 1. The van der Waals surface area contributed by atoms with E-state index in [-0.39, 0.29) is 6.10 Å².